The van der Waals surface area contributed by atoms with Crippen LogP contribution < -0.4 is 9.47 Å². The number of benzene rings is 2. The van der Waals surface area contributed by atoms with Crippen molar-refractivity contribution in [3.8, 4) is 11.5 Å². The van der Waals surface area contributed by atoms with Crippen molar-refractivity contribution in [3.63, 3.8) is 0 Å². The van der Waals surface area contributed by atoms with E-state index in [0.717, 1.165) is 46.7 Å². The van der Waals surface area contributed by atoms with Crippen molar-refractivity contribution < 1.29 is 23.8 Å². The van der Waals surface area contributed by atoms with Crippen molar-refractivity contribution in [1.82, 2.24) is 0 Å². The predicted molar refractivity (Wildman–Crippen MR) is 129 cm³/mol. The van der Waals surface area contributed by atoms with E-state index in [9.17, 15) is 9.59 Å². The van der Waals surface area contributed by atoms with Gasteiger partial charge in [-0.15, -0.1) is 0 Å². The normalized spacial score (nSPS) is 17.9. The molecule has 2 aromatic rings. The van der Waals surface area contributed by atoms with Gasteiger partial charge in [0.1, 0.15) is 11.5 Å². The van der Waals surface area contributed by atoms with Crippen molar-refractivity contribution in [2.45, 2.75) is 58.8 Å². The first kappa shape index (κ1) is 22.8. The number of carbonyl (C=O) groups is 2. The highest BCUT2D eigenvalue weighted by Crippen LogP contribution is 2.61. The van der Waals surface area contributed by atoms with Gasteiger partial charge in [-0.3, -0.25) is 0 Å². The maximum Gasteiger partial charge on any atom is 0.513 e. The van der Waals surface area contributed by atoms with E-state index in [1.165, 1.54) is 18.3 Å². The largest absolute Gasteiger partial charge is 0.513 e. The van der Waals surface area contributed by atoms with Crippen LogP contribution in [0.25, 0.3) is 10.8 Å². The van der Waals surface area contributed by atoms with E-state index < -0.39 is 12.1 Å². The fourth-order valence-electron chi connectivity index (χ4n) is 4.95. The molecule has 4 rings (SSSR count). The van der Waals surface area contributed by atoms with Crippen molar-refractivity contribution >= 4 is 22.9 Å². The van der Waals surface area contributed by atoms with Gasteiger partial charge in [0, 0.05) is 39.3 Å². The smallest absolute Gasteiger partial charge is 0.437 e. The molecule has 2 atom stereocenters. The van der Waals surface area contributed by atoms with Crippen LogP contribution in [-0.2, 0) is 9.53 Å². The Labute approximate surface area is 194 Å². The fraction of sp³-hybridized carbons (Fsp3) is 0.357. The van der Waals surface area contributed by atoms with E-state index in [-0.39, 0.29) is 11.8 Å². The van der Waals surface area contributed by atoms with Crippen LogP contribution in [0.5, 0.6) is 11.5 Å². The topological polar surface area (TPSA) is 61.8 Å². The zero-order valence-electron chi connectivity index (χ0n) is 19.9. The van der Waals surface area contributed by atoms with Gasteiger partial charge in [-0.25, -0.2) is 9.59 Å². The lowest BCUT2D eigenvalue weighted by atomic mass is 9.85. The molecule has 2 aliphatic carbocycles. The van der Waals surface area contributed by atoms with E-state index in [0.29, 0.717) is 17.1 Å². The Morgan fingerprint density at radius 2 is 1.82 bits per heavy atom. The Bertz CT molecular complexity index is 1230. The van der Waals surface area contributed by atoms with Crippen LogP contribution in [0, 0.1) is 6.92 Å². The molecule has 0 aromatic heterocycles. The molecule has 2 aromatic carbocycles. The van der Waals surface area contributed by atoms with Crippen LogP contribution in [0.1, 0.15) is 68.6 Å². The molecule has 2 aliphatic rings. The van der Waals surface area contributed by atoms with Crippen molar-refractivity contribution in [2.75, 3.05) is 7.11 Å². The summed E-state index contributed by atoms with van der Waals surface area (Å²) in [6.07, 6.45) is 6.56. The maximum atomic E-state index is 12.6. The summed E-state index contributed by atoms with van der Waals surface area (Å²) in [4.78, 5) is 24.8. The first-order chi connectivity index (χ1) is 15.7. The van der Waals surface area contributed by atoms with Crippen LogP contribution in [0.3, 0.4) is 0 Å². The molecule has 0 radical (unpaired) electrons. The van der Waals surface area contributed by atoms with E-state index >= 15 is 0 Å². The number of ether oxygens (including phenoxy) is 3. The van der Waals surface area contributed by atoms with Crippen LogP contribution in [-0.4, -0.2) is 19.2 Å². The van der Waals surface area contributed by atoms with Crippen LogP contribution in [0.2, 0.25) is 0 Å². The summed E-state index contributed by atoms with van der Waals surface area (Å²) in [5.41, 5.74) is 5.84. The van der Waals surface area contributed by atoms with Crippen molar-refractivity contribution in [1.29, 1.82) is 0 Å². The zero-order valence-corrected chi connectivity index (χ0v) is 19.9. The molecule has 0 spiro atoms. The number of methoxy groups -OCH3 is 1. The Morgan fingerprint density at radius 3 is 2.48 bits per heavy atom. The maximum absolute atomic E-state index is 12.6. The summed E-state index contributed by atoms with van der Waals surface area (Å²) in [5, 5.41) is 1.47. The van der Waals surface area contributed by atoms with Crippen molar-refractivity contribution in [2.24, 2.45) is 0 Å². The van der Waals surface area contributed by atoms with Gasteiger partial charge in [-0.1, -0.05) is 47.6 Å². The monoisotopic (exact) mass is 446 g/mol. The molecule has 2 bridgehead atoms. The standard InChI is InChI=1S/C28H30O5/c1-15(2)8-7-9-18-13-19-14-21(18)24-23(19)26(33-28(30)31-6)22-12-17(5)10-11-20(22)25(24)32-27(29)16(3)4/h8,10-13,19,21H,3,7,9,14H2,1-2,4-6H3. The molecule has 2 unspecified atom stereocenters. The van der Waals surface area contributed by atoms with E-state index in [2.05, 4.69) is 32.6 Å². The van der Waals surface area contributed by atoms with Crippen LogP contribution >= 0.6 is 0 Å². The number of fused-ring (bicyclic) bond motifs is 6. The van der Waals surface area contributed by atoms with Gasteiger partial charge >= 0.3 is 12.1 Å². The Kier molecular flexibility index (Phi) is 6.15. The fourth-order valence-corrected chi connectivity index (χ4v) is 4.95. The highest BCUT2D eigenvalue weighted by Gasteiger charge is 2.44. The van der Waals surface area contributed by atoms with Crippen LogP contribution in [0.4, 0.5) is 4.79 Å². The van der Waals surface area contributed by atoms with Gasteiger partial charge < -0.3 is 14.2 Å². The van der Waals surface area contributed by atoms with Gasteiger partial charge in [-0.05, 0) is 53.0 Å². The van der Waals surface area contributed by atoms with Crippen LogP contribution in [0.15, 0.2) is 53.6 Å². The highest BCUT2D eigenvalue weighted by molar-refractivity contribution is 6.01. The molecule has 0 N–H and O–H groups in total. The number of hydrogen-bond donors (Lipinski definition) is 0. The molecule has 0 saturated carbocycles. The lowest BCUT2D eigenvalue weighted by Crippen LogP contribution is -2.15. The SMILES string of the molecule is C=C(C)C(=O)Oc1c2c(c(OC(=O)OC)c3cc(C)ccc13)C1C=C(CCC=C(C)C)C2C1. The second kappa shape index (κ2) is 8.89. The summed E-state index contributed by atoms with van der Waals surface area (Å²) in [5.74, 6) is 0.801. The lowest BCUT2D eigenvalue weighted by molar-refractivity contribution is -0.130. The second-order valence-electron chi connectivity index (χ2n) is 9.22. The Morgan fingerprint density at radius 1 is 1.09 bits per heavy atom. The molecule has 0 heterocycles. The predicted octanol–water partition coefficient (Wildman–Crippen LogP) is 7.03. The minimum Gasteiger partial charge on any atom is -0.437 e. The molecule has 0 saturated heterocycles. The summed E-state index contributed by atoms with van der Waals surface area (Å²) >= 11 is 0. The lowest BCUT2D eigenvalue weighted by Gasteiger charge is -2.24. The number of rotatable bonds is 6. The molecular formula is C28H30O5. The summed E-state index contributed by atoms with van der Waals surface area (Å²) in [6.45, 7) is 11.6. The Hall–Kier alpha value is -3.34. The summed E-state index contributed by atoms with van der Waals surface area (Å²) < 4.78 is 16.5. The molecule has 0 aliphatic heterocycles. The molecular weight excluding hydrogens is 416 g/mol. The average Bonchev–Trinajstić information content (AvgIpc) is 3.34. The average molecular weight is 447 g/mol. The van der Waals surface area contributed by atoms with E-state index in [4.69, 9.17) is 14.2 Å². The van der Waals surface area contributed by atoms with Gasteiger partial charge in [-0.2, -0.15) is 0 Å². The first-order valence-electron chi connectivity index (χ1n) is 11.3. The van der Waals surface area contributed by atoms with Gasteiger partial charge in [0.2, 0.25) is 0 Å². The Balaban J connectivity index is 1.92. The third-order valence-corrected chi connectivity index (χ3v) is 6.40. The molecule has 5 nitrogen and oxygen atoms in total. The van der Waals surface area contributed by atoms with E-state index in [1.54, 1.807) is 6.92 Å². The number of carbonyl (C=O) groups excluding carboxylic acids is 2. The van der Waals surface area contributed by atoms with E-state index in [1.807, 2.05) is 25.1 Å². The number of hydrogen-bond acceptors (Lipinski definition) is 5. The first-order valence-corrected chi connectivity index (χ1v) is 11.3. The van der Waals surface area contributed by atoms with Gasteiger partial charge in [0.15, 0.2) is 0 Å². The minimum absolute atomic E-state index is 0.0959. The third-order valence-electron chi connectivity index (χ3n) is 6.40. The summed E-state index contributed by atoms with van der Waals surface area (Å²) in [7, 11) is 1.30. The number of allylic oxidation sites excluding steroid dienone is 4. The molecule has 0 fully saturated rings. The summed E-state index contributed by atoms with van der Waals surface area (Å²) in [6, 6.07) is 5.85. The molecule has 0 amide bonds. The highest BCUT2D eigenvalue weighted by atomic mass is 16.7. The number of esters is 1. The molecule has 5 heteroatoms. The van der Waals surface area contributed by atoms with Crippen molar-refractivity contribution in [3.05, 3.63) is 70.3 Å². The molecule has 172 valence electrons. The minimum atomic E-state index is -0.762. The van der Waals surface area contributed by atoms with Gasteiger partial charge in [0.05, 0.1) is 7.11 Å². The second-order valence-corrected chi connectivity index (χ2v) is 9.22. The number of aryl methyl sites for hydroxylation is 1. The van der Waals surface area contributed by atoms with Gasteiger partial charge in [0.25, 0.3) is 0 Å². The quantitative estimate of drug-likeness (QED) is 0.157. The third kappa shape index (κ3) is 4.20. The molecule has 33 heavy (non-hydrogen) atoms. The zero-order chi connectivity index (χ0) is 23.9.